The Balaban J connectivity index is 2.39. The van der Waals surface area contributed by atoms with E-state index in [4.69, 9.17) is 10.5 Å². The minimum atomic E-state index is -0.435. The van der Waals surface area contributed by atoms with Gasteiger partial charge in [-0.3, -0.25) is 9.59 Å². The fraction of sp³-hybridized carbons (Fsp3) is 0.333. The molecule has 0 saturated carbocycles. The lowest BCUT2D eigenvalue weighted by molar-refractivity contribution is -0.142. The lowest BCUT2D eigenvalue weighted by Gasteiger charge is -2.05. The van der Waals surface area contributed by atoms with Gasteiger partial charge in [0.2, 0.25) is 0 Å². The summed E-state index contributed by atoms with van der Waals surface area (Å²) in [7, 11) is 0. The van der Waals surface area contributed by atoms with Crippen LogP contribution in [0.15, 0.2) is 24.3 Å². The first-order chi connectivity index (χ1) is 8.13. The SMILES string of the molecule is CCCOC(=O)CNC(=O)c1ccc(N)cc1. The molecule has 0 bridgehead atoms. The average Bonchev–Trinajstić information content (AvgIpc) is 2.34. The first-order valence-corrected chi connectivity index (χ1v) is 5.43. The van der Waals surface area contributed by atoms with Crippen molar-refractivity contribution in [3.05, 3.63) is 29.8 Å². The Hall–Kier alpha value is -2.04. The zero-order valence-corrected chi connectivity index (χ0v) is 9.73. The zero-order chi connectivity index (χ0) is 12.7. The Morgan fingerprint density at radius 2 is 1.94 bits per heavy atom. The molecule has 0 aliphatic heterocycles. The van der Waals surface area contributed by atoms with Gasteiger partial charge in [0.25, 0.3) is 5.91 Å². The quantitative estimate of drug-likeness (QED) is 0.589. The van der Waals surface area contributed by atoms with Gasteiger partial charge in [0.15, 0.2) is 0 Å². The van der Waals surface area contributed by atoms with E-state index in [0.29, 0.717) is 17.9 Å². The van der Waals surface area contributed by atoms with Crippen LogP contribution in [0.4, 0.5) is 5.69 Å². The van der Waals surface area contributed by atoms with Crippen molar-refractivity contribution in [2.75, 3.05) is 18.9 Å². The van der Waals surface area contributed by atoms with Gasteiger partial charge in [-0.25, -0.2) is 0 Å². The summed E-state index contributed by atoms with van der Waals surface area (Å²) < 4.78 is 4.82. The van der Waals surface area contributed by atoms with Gasteiger partial charge in [0.1, 0.15) is 6.54 Å². The van der Waals surface area contributed by atoms with Gasteiger partial charge in [-0.15, -0.1) is 0 Å². The monoisotopic (exact) mass is 236 g/mol. The third-order valence-electron chi connectivity index (χ3n) is 2.03. The van der Waals surface area contributed by atoms with Gasteiger partial charge in [-0.1, -0.05) is 6.92 Å². The van der Waals surface area contributed by atoms with Crippen molar-refractivity contribution >= 4 is 17.6 Å². The molecule has 0 aliphatic carbocycles. The van der Waals surface area contributed by atoms with Crippen molar-refractivity contribution in [3.63, 3.8) is 0 Å². The summed E-state index contributed by atoms with van der Waals surface area (Å²) in [4.78, 5) is 22.7. The number of nitrogens with one attached hydrogen (secondary N) is 1. The fourth-order valence-electron chi connectivity index (χ4n) is 1.16. The minimum Gasteiger partial charge on any atom is -0.464 e. The number of hydrogen-bond donors (Lipinski definition) is 2. The second-order valence-electron chi connectivity index (χ2n) is 3.53. The van der Waals surface area contributed by atoms with E-state index >= 15 is 0 Å². The van der Waals surface area contributed by atoms with Crippen molar-refractivity contribution in [1.82, 2.24) is 5.32 Å². The maximum absolute atomic E-state index is 11.6. The van der Waals surface area contributed by atoms with Crippen LogP contribution in [0.5, 0.6) is 0 Å². The highest BCUT2D eigenvalue weighted by Gasteiger charge is 2.08. The number of esters is 1. The van der Waals surface area contributed by atoms with Gasteiger partial charge >= 0.3 is 5.97 Å². The molecule has 0 radical (unpaired) electrons. The predicted octanol–water partition coefficient (Wildman–Crippen LogP) is 0.952. The van der Waals surface area contributed by atoms with Crippen LogP contribution in [0, 0.1) is 0 Å². The fourth-order valence-corrected chi connectivity index (χ4v) is 1.16. The van der Waals surface area contributed by atoms with Gasteiger partial charge in [-0.05, 0) is 30.7 Å². The summed E-state index contributed by atoms with van der Waals surface area (Å²) >= 11 is 0. The summed E-state index contributed by atoms with van der Waals surface area (Å²) in [5.74, 6) is -0.755. The summed E-state index contributed by atoms with van der Waals surface area (Å²) in [6.45, 7) is 2.15. The molecule has 0 saturated heterocycles. The Bertz CT molecular complexity index is 387. The van der Waals surface area contributed by atoms with Gasteiger partial charge in [0, 0.05) is 11.3 Å². The van der Waals surface area contributed by atoms with E-state index in [1.54, 1.807) is 24.3 Å². The summed E-state index contributed by atoms with van der Waals surface area (Å²) in [5.41, 5.74) is 6.55. The molecule has 17 heavy (non-hydrogen) atoms. The normalized spacial score (nSPS) is 9.71. The second kappa shape index (κ2) is 6.52. The number of nitrogen functional groups attached to an aromatic ring is 1. The van der Waals surface area contributed by atoms with E-state index in [2.05, 4.69) is 5.32 Å². The molecule has 3 N–H and O–H groups in total. The van der Waals surface area contributed by atoms with Crippen molar-refractivity contribution < 1.29 is 14.3 Å². The number of hydrogen-bond acceptors (Lipinski definition) is 4. The first kappa shape index (κ1) is 13.0. The van der Waals surface area contributed by atoms with Gasteiger partial charge in [0.05, 0.1) is 6.61 Å². The van der Waals surface area contributed by atoms with Crippen LogP contribution in [0.25, 0.3) is 0 Å². The van der Waals surface area contributed by atoms with Crippen molar-refractivity contribution in [2.24, 2.45) is 0 Å². The molecule has 1 aromatic carbocycles. The molecular weight excluding hydrogens is 220 g/mol. The summed E-state index contributed by atoms with van der Waals surface area (Å²) in [5, 5.41) is 2.47. The molecular formula is C12H16N2O3. The molecule has 0 spiro atoms. The van der Waals surface area contributed by atoms with E-state index in [-0.39, 0.29) is 12.5 Å². The summed E-state index contributed by atoms with van der Waals surface area (Å²) in [6, 6.07) is 6.46. The van der Waals surface area contributed by atoms with E-state index in [0.717, 1.165) is 6.42 Å². The van der Waals surface area contributed by atoms with E-state index in [1.165, 1.54) is 0 Å². The third-order valence-corrected chi connectivity index (χ3v) is 2.03. The lowest BCUT2D eigenvalue weighted by atomic mass is 10.2. The van der Waals surface area contributed by atoms with Crippen LogP contribution < -0.4 is 11.1 Å². The zero-order valence-electron chi connectivity index (χ0n) is 9.73. The number of rotatable bonds is 5. The second-order valence-corrected chi connectivity index (χ2v) is 3.53. The van der Waals surface area contributed by atoms with Gasteiger partial charge < -0.3 is 15.8 Å². The highest BCUT2D eigenvalue weighted by atomic mass is 16.5. The number of anilines is 1. The topological polar surface area (TPSA) is 81.4 Å². The number of nitrogens with two attached hydrogens (primary N) is 1. The predicted molar refractivity (Wildman–Crippen MR) is 64.4 cm³/mol. The molecule has 1 amide bonds. The van der Waals surface area contributed by atoms with Crippen LogP contribution in [0.1, 0.15) is 23.7 Å². The van der Waals surface area contributed by atoms with E-state index in [1.807, 2.05) is 6.92 Å². The van der Waals surface area contributed by atoms with Gasteiger partial charge in [-0.2, -0.15) is 0 Å². The molecule has 1 rings (SSSR count). The molecule has 0 atom stereocenters. The van der Waals surface area contributed by atoms with Crippen molar-refractivity contribution in [1.29, 1.82) is 0 Å². The first-order valence-electron chi connectivity index (χ1n) is 5.43. The molecule has 0 aromatic heterocycles. The smallest absolute Gasteiger partial charge is 0.325 e. The standard InChI is InChI=1S/C12H16N2O3/c1-2-7-17-11(15)8-14-12(16)9-3-5-10(13)6-4-9/h3-6H,2,7-8,13H2,1H3,(H,14,16). The van der Waals surface area contributed by atoms with E-state index in [9.17, 15) is 9.59 Å². The Morgan fingerprint density at radius 1 is 1.29 bits per heavy atom. The lowest BCUT2D eigenvalue weighted by Crippen LogP contribution is -2.30. The maximum atomic E-state index is 11.6. The molecule has 92 valence electrons. The van der Waals surface area contributed by atoms with E-state index < -0.39 is 5.97 Å². The number of ether oxygens (including phenoxy) is 1. The Labute approximate surface area is 99.9 Å². The molecule has 0 heterocycles. The highest BCUT2D eigenvalue weighted by molar-refractivity contribution is 5.96. The summed E-state index contributed by atoms with van der Waals surface area (Å²) in [6.07, 6.45) is 0.762. The Kier molecular flexibility index (Phi) is 5.00. The minimum absolute atomic E-state index is 0.122. The van der Waals surface area contributed by atoms with Crippen molar-refractivity contribution in [2.45, 2.75) is 13.3 Å². The number of carbonyl (C=O) groups is 2. The largest absolute Gasteiger partial charge is 0.464 e. The Morgan fingerprint density at radius 3 is 2.53 bits per heavy atom. The van der Waals surface area contributed by atoms with Crippen LogP contribution in [-0.2, 0) is 9.53 Å². The third kappa shape index (κ3) is 4.55. The highest BCUT2D eigenvalue weighted by Crippen LogP contribution is 2.04. The van der Waals surface area contributed by atoms with Crippen LogP contribution in [0.2, 0.25) is 0 Å². The van der Waals surface area contributed by atoms with Crippen molar-refractivity contribution in [3.8, 4) is 0 Å². The number of carbonyl (C=O) groups excluding carboxylic acids is 2. The van der Waals surface area contributed by atoms with Crippen LogP contribution in [-0.4, -0.2) is 25.0 Å². The molecule has 1 aromatic rings. The molecule has 0 aliphatic rings. The van der Waals surface area contributed by atoms with Crippen LogP contribution >= 0.6 is 0 Å². The number of amides is 1. The van der Waals surface area contributed by atoms with Crippen LogP contribution in [0.3, 0.4) is 0 Å². The number of benzene rings is 1. The molecule has 0 fully saturated rings. The maximum Gasteiger partial charge on any atom is 0.325 e. The average molecular weight is 236 g/mol. The molecule has 0 unspecified atom stereocenters. The molecule has 5 nitrogen and oxygen atoms in total. The molecule has 5 heteroatoms.